The number of furan rings is 1. The fourth-order valence-corrected chi connectivity index (χ4v) is 1.65. The molecule has 2 aromatic rings. The third-order valence-corrected chi connectivity index (χ3v) is 2.48. The van der Waals surface area contributed by atoms with Gasteiger partial charge in [0.1, 0.15) is 0 Å². The van der Waals surface area contributed by atoms with Crippen molar-refractivity contribution in [2.75, 3.05) is 0 Å². The zero-order valence-electron chi connectivity index (χ0n) is 8.97. The van der Waals surface area contributed by atoms with E-state index in [0.29, 0.717) is 0 Å². The molecule has 0 aliphatic carbocycles. The summed E-state index contributed by atoms with van der Waals surface area (Å²) in [5.74, 6) is 5.53. The summed E-state index contributed by atoms with van der Waals surface area (Å²) in [6.07, 6.45) is 6.85. The monoisotopic (exact) mass is 217 g/mol. The molecule has 2 heterocycles. The van der Waals surface area contributed by atoms with Gasteiger partial charge in [0.25, 0.3) is 0 Å². The van der Waals surface area contributed by atoms with Crippen molar-refractivity contribution in [3.8, 4) is 0 Å². The Balaban J connectivity index is 1.96. The zero-order valence-corrected chi connectivity index (χ0v) is 8.97. The van der Waals surface area contributed by atoms with Crippen LogP contribution in [0.2, 0.25) is 0 Å². The summed E-state index contributed by atoms with van der Waals surface area (Å²) in [5.41, 5.74) is 4.98. The van der Waals surface area contributed by atoms with Crippen LogP contribution in [0, 0.1) is 0 Å². The molecule has 0 saturated heterocycles. The molecule has 0 aliphatic heterocycles. The van der Waals surface area contributed by atoms with Crippen molar-refractivity contribution in [1.29, 1.82) is 0 Å². The molecule has 1 atom stereocenters. The second kappa shape index (κ2) is 5.44. The lowest BCUT2D eigenvalue weighted by Crippen LogP contribution is -2.38. The molecule has 2 aromatic heterocycles. The van der Waals surface area contributed by atoms with Gasteiger partial charge in [-0.15, -0.1) is 0 Å². The Bertz CT molecular complexity index is 399. The van der Waals surface area contributed by atoms with E-state index in [2.05, 4.69) is 10.4 Å². The molecular weight excluding hydrogens is 202 g/mol. The van der Waals surface area contributed by atoms with Crippen LogP contribution in [0.3, 0.4) is 0 Å². The van der Waals surface area contributed by atoms with E-state index in [4.69, 9.17) is 10.3 Å². The minimum Gasteiger partial charge on any atom is -0.472 e. The summed E-state index contributed by atoms with van der Waals surface area (Å²) < 4.78 is 5.03. The van der Waals surface area contributed by atoms with Crippen LogP contribution in [0.25, 0.3) is 0 Å². The zero-order chi connectivity index (χ0) is 11.2. The van der Waals surface area contributed by atoms with Crippen LogP contribution in [-0.4, -0.2) is 11.0 Å². The number of nitrogens with two attached hydrogens (primary N) is 1. The van der Waals surface area contributed by atoms with Crippen LogP contribution in [0.15, 0.2) is 47.4 Å². The Morgan fingerprint density at radius 1 is 1.31 bits per heavy atom. The van der Waals surface area contributed by atoms with Crippen LogP contribution in [0.5, 0.6) is 0 Å². The van der Waals surface area contributed by atoms with E-state index in [-0.39, 0.29) is 6.04 Å². The normalized spacial score (nSPS) is 12.6. The van der Waals surface area contributed by atoms with E-state index in [1.54, 1.807) is 18.7 Å². The topological polar surface area (TPSA) is 64.1 Å². The molecule has 1 unspecified atom stereocenters. The molecule has 0 bridgehead atoms. The second-order valence-corrected chi connectivity index (χ2v) is 3.72. The van der Waals surface area contributed by atoms with Gasteiger partial charge in [-0.2, -0.15) is 0 Å². The van der Waals surface area contributed by atoms with Gasteiger partial charge in [0.05, 0.1) is 12.5 Å². The predicted octanol–water partition coefficient (Wildman–Crippen LogP) is 1.29. The Hall–Kier alpha value is -1.65. The lowest BCUT2D eigenvalue weighted by atomic mass is 10.0. The third-order valence-electron chi connectivity index (χ3n) is 2.48. The highest BCUT2D eigenvalue weighted by Crippen LogP contribution is 2.07. The van der Waals surface area contributed by atoms with Gasteiger partial charge >= 0.3 is 0 Å². The molecule has 0 fully saturated rings. The van der Waals surface area contributed by atoms with Gasteiger partial charge in [-0.1, -0.05) is 6.07 Å². The fraction of sp³-hybridized carbons (Fsp3) is 0.250. The van der Waals surface area contributed by atoms with Crippen molar-refractivity contribution < 1.29 is 4.42 Å². The van der Waals surface area contributed by atoms with E-state index < -0.39 is 0 Å². The summed E-state index contributed by atoms with van der Waals surface area (Å²) in [5, 5.41) is 0. The molecule has 84 valence electrons. The van der Waals surface area contributed by atoms with Crippen molar-refractivity contribution in [2.45, 2.75) is 18.9 Å². The number of aromatic nitrogens is 1. The molecule has 2 rings (SSSR count). The highest BCUT2D eigenvalue weighted by molar-refractivity contribution is 5.10. The average Bonchev–Trinajstić information content (AvgIpc) is 2.82. The van der Waals surface area contributed by atoms with E-state index in [1.165, 1.54) is 0 Å². The Morgan fingerprint density at radius 3 is 2.88 bits per heavy atom. The Kier molecular flexibility index (Phi) is 3.69. The van der Waals surface area contributed by atoms with Gasteiger partial charge in [-0.3, -0.25) is 16.3 Å². The highest BCUT2D eigenvalue weighted by Gasteiger charge is 2.09. The van der Waals surface area contributed by atoms with Crippen LogP contribution >= 0.6 is 0 Å². The van der Waals surface area contributed by atoms with Crippen LogP contribution in [-0.2, 0) is 12.8 Å². The van der Waals surface area contributed by atoms with Crippen molar-refractivity contribution in [2.24, 2.45) is 5.84 Å². The lowest BCUT2D eigenvalue weighted by Gasteiger charge is -2.14. The summed E-state index contributed by atoms with van der Waals surface area (Å²) in [6, 6.07) is 8.01. The van der Waals surface area contributed by atoms with Crippen LogP contribution in [0.4, 0.5) is 0 Å². The Labute approximate surface area is 94.5 Å². The van der Waals surface area contributed by atoms with E-state index in [9.17, 15) is 0 Å². The third kappa shape index (κ3) is 2.92. The van der Waals surface area contributed by atoms with Gasteiger partial charge in [-0.25, -0.2) is 0 Å². The first-order valence-corrected chi connectivity index (χ1v) is 5.25. The van der Waals surface area contributed by atoms with Gasteiger partial charge in [0.2, 0.25) is 0 Å². The first kappa shape index (κ1) is 10.9. The van der Waals surface area contributed by atoms with Gasteiger partial charge < -0.3 is 4.42 Å². The van der Waals surface area contributed by atoms with Crippen LogP contribution < -0.4 is 11.3 Å². The number of nitrogens with one attached hydrogen (secondary N) is 1. The Morgan fingerprint density at radius 2 is 2.25 bits per heavy atom. The average molecular weight is 217 g/mol. The smallest absolute Gasteiger partial charge is 0.0935 e. The molecule has 0 radical (unpaired) electrons. The van der Waals surface area contributed by atoms with Gasteiger partial charge in [0, 0.05) is 24.4 Å². The van der Waals surface area contributed by atoms with Crippen LogP contribution in [0.1, 0.15) is 11.3 Å². The summed E-state index contributed by atoms with van der Waals surface area (Å²) in [6.45, 7) is 0. The molecule has 4 nitrogen and oxygen atoms in total. The molecule has 16 heavy (non-hydrogen) atoms. The standard InChI is InChI=1S/C12H15N3O/c13-15-12(7-10-4-6-16-9-10)8-11-3-1-2-5-14-11/h1-6,9,12,15H,7-8,13H2. The van der Waals surface area contributed by atoms with Crippen molar-refractivity contribution in [1.82, 2.24) is 10.4 Å². The number of nitrogens with zero attached hydrogens (tertiary/aromatic N) is 1. The second-order valence-electron chi connectivity index (χ2n) is 3.72. The fourth-order valence-electron chi connectivity index (χ4n) is 1.65. The maximum absolute atomic E-state index is 5.53. The highest BCUT2D eigenvalue weighted by atomic mass is 16.3. The van der Waals surface area contributed by atoms with E-state index >= 15 is 0 Å². The summed E-state index contributed by atoms with van der Waals surface area (Å²) >= 11 is 0. The first-order chi connectivity index (χ1) is 7.88. The summed E-state index contributed by atoms with van der Waals surface area (Å²) in [4.78, 5) is 4.28. The molecule has 0 aromatic carbocycles. The predicted molar refractivity (Wildman–Crippen MR) is 61.5 cm³/mol. The van der Waals surface area contributed by atoms with Crippen molar-refractivity contribution >= 4 is 0 Å². The number of rotatable bonds is 5. The SMILES string of the molecule is NNC(Cc1ccoc1)Cc1ccccn1. The van der Waals surface area contributed by atoms with E-state index in [0.717, 1.165) is 24.1 Å². The number of pyridine rings is 1. The molecule has 3 N–H and O–H groups in total. The molecule has 0 spiro atoms. The quantitative estimate of drug-likeness (QED) is 0.585. The molecule has 0 amide bonds. The largest absolute Gasteiger partial charge is 0.472 e. The lowest BCUT2D eigenvalue weighted by molar-refractivity contribution is 0.510. The molecule has 4 heteroatoms. The molecular formula is C12H15N3O. The van der Waals surface area contributed by atoms with Gasteiger partial charge in [-0.05, 0) is 30.2 Å². The minimum atomic E-state index is 0.174. The molecule has 0 saturated carbocycles. The first-order valence-electron chi connectivity index (χ1n) is 5.25. The number of hydrogen-bond donors (Lipinski definition) is 2. The maximum atomic E-state index is 5.53. The number of hydrogen-bond acceptors (Lipinski definition) is 4. The summed E-state index contributed by atoms with van der Waals surface area (Å²) in [7, 11) is 0. The minimum absolute atomic E-state index is 0.174. The maximum Gasteiger partial charge on any atom is 0.0935 e. The molecule has 0 aliphatic rings. The van der Waals surface area contributed by atoms with E-state index in [1.807, 2.05) is 24.3 Å². The van der Waals surface area contributed by atoms with Gasteiger partial charge in [0.15, 0.2) is 0 Å². The van der Waals surface area contributed by atoms with Crippen molar-refractivity contribution in [3.05, 3.63) is 54.2 Å². The number of hydrazine groups is 1. The van der Waals surface area contributed by atoms with Crippen molar-refractivity contribution in [3.63, 3.8) is 0 Å².